The molecule has 1 aliphatic heterocycles. The zero-order chi connectivity index (χ0) is 16.5. The lowest BCUT2D eigenvalue weighted by atomic mass is 9.99. The van der Waals surface area contributed by atoms with Gasteiger partial charge in [-0.15, -0.1) is 0 Å². The van der Waals surface area contributed by atoms with Gasteiger partial charge in [-0.2, -0.15) is 0 Å². The lowest BCUT2D eigenvalue weighted by molar-refractivity contribution is 0.368. The van der Waals surface area contributed by atoms with Gasteiger partial charge in [0.05, 0.1) is 17.8 Å². The normalized spacial score (nSPS) is 20.2. The Balaban J connectivity index is 1.71. The molecule has 3 heterocycles. The predicted octanol–water partition coefficient (Wildman–Crippen LogP) is 3.47. The molecule has 1 N–H and O–H groups in total. The van der Waals surface area contributed by atoms with Crippen LogP contribution in [0.5, 0.6) is 0 Å². The van der Waals surface area contributed by atoms with Gasteiger partial charge in [0.15, 0.2) is 5.11 Å². The van der Waals surface area contributed by atoms with Crippen LogP contribution in [0.3, 0.4) is 0 Å². The van der Waals surface area contributed by atoms with Gasteiger partial charge in [-0.3, -0.25) is 4.98 Å². The summed E-state index contributed by atoms with van der Waals surface area (Å²) in [5.74, 6) is 0. The topological polar surface area (TPSA) is 33.1 Å². The Labute approximate surface area is 146 Å². The van der Waals surface area contributed by atoms with E-state index in [4.69, 9.17) is 12.2 Å². The predicted molar refractivity (Wildman–Crippen MR) is 99.0 cm³/mol. The standard InChI is InChI=1S/C19H18N4S/c1-22-18(17(21-19(22)24)16-9-5-6-11-20-16)14-10-12-23(13-14)15-7-3-2-4-8-15/h2-13,17-18H,1H3,(H,21,24)/t17-,18+/m0/s1. The molecule has 2 aromatic heterocycles. The number of pyridine rings is 1. The summed E-state index contributed by atoms with van der Waals surface area (Å²) in [6, 6.07) is 18.6. The highest BCUT2D eigenvalue weighted by Gasteiger charge is 2.37. The van der Waals surface area contributed by atoms with Crippen molar-refractivity contribution in [2.75, 3.05) is 7.05 Å². The maximum Gasteiger partial charge on any atom is 0.169 e. The van der Waals surface area contributed by atoms with E-state index < -0.39 is 0 Å². The average molecular weight is 334 g/mol. The van der Waals surface area contributed by atoms with Crippen molar-refractivity contribution in [2.24, 2.45) is 0 Å². The van der Waals surface area contributed by atoms with E-state index in [-0.39, 0.29) is 12.1 Å². The molecule has 0 spiro atoms. The Kier molecular flexibility index (Phi) is 3.78. The first-order chi connectivity index (χ1) is 11.7. The van der Waals surface area contributed by atoms with Gasteiger partial charge < -0.3 is 14.8 Å². The molecule has 4 rings (SSSR count). The molecule has 1 saturated heterocycles. The van der Waals surface area contributed by atoms with E-state index in [0.717, 1.165) is 16.5 Å². The first-order valence-electron chi connectivity index (χ1n) is 7.91. The summed E-state index contributed by atoms with van der Waals surface area (Å²) in [6.45, 7) is 0. The van der Waals surface area contributed by atoms with Crippen molar-refractivity contribution in [3.8, 4) is 5.69 Å². The number of benzene rings is 1. The number of thiocarbonyl (C=S) groups is 1. The second-order valence-electron chi connectivity index (χ2n) is 5.93. The van der Waals surface area contributed by atoms with Crippen LogP contribution in [0.1, 0.15) is 23.3 Å². The molecule has 1 aliphatic rings. The van der Waals surface area contributed by atoms with Gasteiger partial charge >= 0.3 is 0 Å². The van der Waals surface area contributed by atoms with Gasteiger partial charge in [-0.25, -0.2) is 0 Å². The van der Waals surface area contributed by atoms with Crippen molar-refractivity contribution in [3.05, 3.63) is 84.4 Å². The second kappa shape index (κ2) is 6.09. The Morgan fingerprint density at radius 2 is 1.83 bits per heavy atom. The number of para-hydroxylation sites is 1. The summed E-state index contributed by atoms with van der Waals surface area (Å²) >= 11 is 5.48. The molecule has 0 unspecified atom stereocenters. The van der Waals surface area contributed by atoms with Crippen molar-refractivity contribution in [2.45, 2.75) is 12.1 Å². The van der Waals surface area contributed by atoms with Crippen LogP contribution in [0, 0.1) is 0 Å². The molecule has 0 bridgehead atoms. The van der Waals surface area contributed by atoms with E-state index in [0.29, 0.717) is 0 Å². The Morgan fingerprint density at radius 3 is 2.58 bits per heavy atom. The molecule has 5 heteroatoms. The summed E-state index contributed by atoms with van der Waals surface area (Å²) in [7, 11) is 2.03. The summed E-state index contributed by atoms with van der Waals surface area (Å²) in [5, 5.41) is 4.16. The molecule has 1 fully saturated rings. The number of likely N-dealkylation sites (N-methyl/N-ethyl adjacent to an activating group) is 1. The minimum atomic E-state index is 0.0512. The lowest BCUT2D eigenvalue weighted by Crippen LogP contribution is -2.24. The number of nitrogens with zero attached hydrogens (tertiary/aromatic N) is 3. The van der Waals surface area contributed by atoms with Crippen molar-refractivity contribution < 1.29 is 0 Å². The van der Waals surface area contributed by atoms with Crippen molar-refractivity contribution in [3.63, 3.8) is 0 Å². The van der Waals surface area contributed by atoms with Crippen LogP contribution in [0.25, 0.3) is 5.69 Å². The van der Waals surface area contributed by atoms with Gasteiger partial charge in [0.25, 0.3) is 0 Å². The van der Waals surface area contributed by atoms with Crippen molar-refractivity contribution in [1.29, 1.82) is 0 Å². The number of aromatic nitrogens is 2. The highest BCUT2D eigenvalue weighted by atomic mass is 32.1. The zero-order valence-electron chi connectivity index (χ0n) is 13.3. The Hall–Kier alpha value is -2.66. The molecule has 0 radical (unpaired) electrons. The highest BCUT2D eigenvalue weighted by molar-refractivity contribution is 7.80. The number of hydrogen-bond donors (Lipinski definition) is 1. The van der Waals surface area contributed by atoms with Gasteiger partial charge in [0, 0.05) is 31.3 Å². The smallest absolute Gasteiger partial charge is 0.169 e. The molecule has 0 saturated carbocycles. The number of rotatable bonds is 3. The van der Waals surface area contributed by atoms with Crippen LogP contribution in [-0.2, 0) is 0 Å². The van der Waals surface area contributed by atoms with E-state index >= 15 is 0 Å². The van der Waals surface area contributed by atoms with Crippen LogP contribution >= 0.6 is 12.2 Å². The Morgan fingerprint density at radius 1 is 1.04 bits per heavy atom. The van der Waals surface area contributed by atoms with E-state index in [1.165, 1.54) is 5.56 Å². The summed E-state index contributed by atoms with van der Waals surface area (Å²) in [6.07, 6.45) is 6.09. The minimum absolute atomic E-state index is 0.0512. The first-order valence-corrected chi connectivity index (χ1v) is 8.32. The maximum absolute atomic E-state index is 5.48. The van der Waals surface area contributed by atoms with Crippen molar-refractivity contribution in [1.82, 2.24) is 19.8 Å². The third-order valence-corrected chi connectivity index (χ3v) is 4.86. The van der Waals surface area contributed by atoms with E-state index in [1.807, 2.05) is 49.6 Å². The molecule has 24 heavy (non-hydrogen) atoms. The lowest BCUT2D eigenvalue weighted by Gasteiger charge is -2.23. The van der Waals surface area contributed by atoms with Crippen LogP contribution in [0.15, 0.2) is 73.2 Å². The average Bonchev–Trinajstić information content (AvgIpc) is 3.22. The molecule has 120 valence electrons. The summed E-state index contributed by atoms with van der Waals surface area (Å²) in [5.41, 5.74) is 3.36. The third kappa shape index (κ3) is 2.57. The van der Waals surface area contributed by atoms with Gasteiger partial charge in [-0.05, 0) is 48.1 Å². The van der Waals surface area contributed by atoms with Gasteiger partial charge in [0.2, 0.25) is 0 Å². The van der Waals surface area contributed by atoms with Crippen LogP contribution in [-0.4, -0.2) is 26.6 Å². The molecule has 4 nitrogen and oxygen atoms in total. The third-order valence-electron chi connectivity index (χ3n) is 4.45. The molecule has 1 aromatic carbocycles. The molecule has 2 atom stereocenters. The Bertz CT molecular complexity index is 844. The largest absolute Gasteiger partial charge is 0.352 e. The van der Waals surface area contributed by atoms with Gasteiger partial charge in [0.1, 0.15) is 0 Å². The quantitative estimate of drug-likeness (QED) is 0.744. The minimum Gasteiger partial charge on any atom is -0.352 e. The SMILES string of the molecule is CN1C(=S)N[C@@H](c2ccccn2)[C@H]1c1ccn(-c2ccccc2)c1. The molecule has 0 aliphatic carbocycles. The molecule has 3 aromatic rings. The van der Waals surface area contributed by atoms with Crippen LogP contribution in [0.4, 0.5) is 0 Å². The molecular formula is C19H18N4S. The second-order valence-corrected chi connectivity index (χ2v) is 6.31. The van der Waals surface area contributed by atoms with E-state index in [9.17, 15) is 0 Å². The first kappa shape index (κ1) is 14.9. The van der Waals surface area contributed by atoms with E-state index in [2.05, 4.69) is 50.4 Å². The van der Waals surface area contributed by atoms with E-state index in [1.54, 1.807) is 0 Å². The fourth-order valence-corrected chi connectivity index (χ4v) is 3.46. The van der Waals surface area contributed by atoms with Crippen molar-refractivity contribution >= 4 is 17.3 Å². The van der Waals surface area contributed by atoms with Crippen LogP contribution in [0.2, 0.25) is 0 Å². The van der Waals surface area contributed by atoms with Gasteiger partial charge in [-0.1, -0.05) is 24.3 Å². The highest BCUT2D eigenvalue weighted by Crippen LogP contribution is 2.37. The number of hydrogen-bond acceptors (Lipinski definition) is 2. The molecular weight excluding hydrogens is 316 g/mol. The maximum atomic E-state index is 5.48. The fourth-order valence-electron chi connectivity index (χ4n) is 3.22. The zero-order valence-corrected chi connectivity index (χ0v) is 14.1. The number of nitrogens with one attached hydrogen (secondary N) is 1. The monoisotopic (exact) mass is 334 g/mol. The fraction of sp³-hybridized carbons (Fsp3) is 0.158. The summed E-state index contributed by atoms with van der Waals surface area (Å²) < 4.78 is 2.14. The molecule has 0 amide bonds. The van der Waals surface area contributed by atoms with Crippen LogP contribution < -0.4 is 5.32 Å². The summed E-state index contributed by atoms with van der Waals surface area (Å²) in [4.78, 5) is 6.63.